The second kappa shape index (κ2) is 5.77. The van der Waals surface area contributed by atoms with Crippen LogP contribution in [0.5, 0.6) is 0 Å². The summed E-state index contributed by atoms with van der Waals surface area (Å²) in [6, 6.07) is 7.36. The van der Waals surface area contributed by atoms with Gasteiger partial charge in [-0.3, -0.25) is 0 Å². The monoisotopic (exact) mass is 369 g/mol. The van der Waals surface area contributed by atoms with Crippen LogP contribution in [-0.2, 0) is 6.54 Å². The average Bonchev–Trinajstić information content (AvgIpc) is 3.16. The van der Waals surface area contributed by atoms with Crippen molar-refractivity contribution >= 4 is 38.9 Å². The van der Waals surface area contributed by atoms with Crippen LogP contribution in [0.25, 0.3) is 0 Å². The minimum absolute atomic E-state index is 0.0179. The van der Waals surface area contributed by atoms with Crippen molar-refractivity contribution in [2.24, 2.45) is 0 Å². The average molecular weight is 370 g/mol. The lowest BCUT2D eigenvalue weighted by Gasteiger charge is -2.25. The molecular weight excluding hydrogens is 357 g/mol. The Morgan fingerprint density at radius 3 is 2.76 bits per heavy atom. The van der Waals surface area contributed by atoms with E-state index in [0.29, 0.717) is 18.3 Å². The fourth-order valence-electron chi connectivity index (χ4n) is 2.29. The van der Waals surface area contributed by atoms with Crippen molar-refractivity contribution in [3.8, 4) is 0 Å². The molecule has 0 bridgehead atoms. The van der Waals surface area contributed by atoms with Gasteiger partial charge in [-0.25, -0.2) is 9.18 Å². The minimum Gasteiger partial charge on any atom is -0.478 e. The first-order valence-electron chi connectivity index (χ1n) is 6.58. The molecular formula is C15H13BrFNO2S. The van der Waals surface area contributed by atoms with Crippen molar-refractivity contribution in [3.05, 3.63) is 50.4 Å². The van der Waals surface area contributed by atoms with E-state index in [-0.39, 0.29) is 10.0 Å². The van der Waals surface area contributed by atoms with Gasteiger partial charge in [0.15, 0.2) is 5.82 Å². The highest BCUT2D eigenvalue weighted by atomic mass is 79.9. The van der Waals surface area contributed by atoms with Crippen LogP contribution in [0.3, 0.4) is 0 Å². The normalized spacial score (nSPS) is 14.2. The van der Waals surface area contributed by atoms with Gasteiger partial charge in [0.05, 0.1) is 22.3 Å². The van der Waals surface area contributed by atoms with Gasteiger partial charge in [-0.2, -0.15) is 0 Å². The lowest BCUT2D eigenvalue weighted by atomic mass is 10.1. The van der Waals surface area contributed by atoms with Crippen molar-refractivity contribution in [3.63, 3.8) is 0 Å². The summed E-state index contributed by atoms with van der Waals surface area (Å²) in [5.74, 6) is -1.64. The first-order chi connectivity index (χ1) is 10.1. The van der Waals surface area contributed by atoms with Gasteiger partial charge >= 0.3 is 5.97 Å². The first-order valence-corrected chi connectivity index (χ1v) is 8.25. The van der Waals surface area contributed by atoms with E-state index in [1.807, 2.05) is 22.4 Å². The molecule has 0 saturated heterocycles. The van der Waals surface area contributed by atoms with Gasteiger partial charge in [0.1, 0.15) is 0 Å². The van der Waals surface area contributed by atoms with Crippen LogP contribution in [0.2, 0.25) is 0 Å². The Labute approximate surface area is 134 Å². The van der Waals surface area contributed by atoms with Crippen LogP contribution < -0.4 is 4.90 Å². The molecule has 0 radical (unpaired) electrons. The number of carboxylic acid groups (broad SMARTS) is 1. The molecule has 1 heterocycles. The van der Waals surface area contributed by atoms with E-state index in [0.717, 1.165) is 12.8 Å². The van der Waals surface area contributed by atoms with Crippen LogP contribution >= 0.6 is 27.3 Å². The van der Waals surface area contributed by atoms with Crippen LogP contribution in [-0.4, -0.2) is 17.1 Å². The number of nitrogens with zero attached hydrogens (tertiary/aromatic N) is 1. The molecule has 1 aromatic carbocycles. The molecule has 3 nitrogen and oxygen atoms in total. The van der Waals surface area contributed by atoms with Gasteiger partial charge < -0.3 is 10.0 Å². The summed E-state index contributed by atoms with van der Waals surface area (Å²) < 4.78 is 14.6. The quantitative estimate of drug-likeness (QED) is 0.842. The number of hydrogen-bond acceptors (Lipinski definition) is 3. The number of halogens is 2. The maximum atomic E-state index is 14.5. The summed E-state index contributed by atoms with van der Waals surface area (Å²) in [6.07, 6.45) is 2.09. The highest BCUT2D eigenvalue weighted by Crippen LogP contribution is 2.37. The van der Waals surface area contributed by atoms with Crippen molar-refractivity contribution in [2.75, 3.05) is 4.90 Å². The van der Waals surface area contributed by atoms with Gasteiger partial charge in [-0.1, -0.05) is 6.07 Å². The highest BCUT2D eigenvalue weighted by Gasteiger charge is 2.32. The Bertz CT molecular complexity index is 671. The molecule has 110 valence electrons. The molecule has 1 aliphatic carbocycles. The second-order valence-electron chi connectivity index (χ2n) is 5.00. The van der Waals surface area contributed by atoms with Crippen LogP contribution in [0.15, 0.2) is 34.1 Å². The van der Waals surface area contributed by atoms with Crippen molar-refractivity contribution in [2.45, 2.75) is 25.4 Å². The molecule has 0 spiro atoms. The first kappa shape index (κ1) is 14.5. The molecule has 1 saturated carbocycles. The summed E-state index contributed by atoms with van der Waals surface area (Å²) in [4.78, 5) is 14.2. The zero-order valence-corrected chi connectivity index (χ0v) is 13.5. The number of anilines is 1. The molecule has 3 rings (SSSR count). The summed E-state index contributed by atoms with van der Waals surface area (Å²) in [5.41, 5.74) is 0.408. The summed E-state index contributed by atoms with van der Waals surface area (Å²) in [5, 5.41) is 11.0. The van der Waals surface area contributed by atoms with E-state index in [4.69, 9.17) is 5.11 Å². The van der Waals surface area contributed by atoms with E-state index in [9.17, 15) is 9.18 Å². The maximum Gasteiger partial charge on any atom is 0.336 e. The molecule has 0 aliphatic heterocycles. The SMILES string of the molecule is O=C(O)c1ccc(N(Cc2cccs2)C2CC2)c(F)c1Br. The topological polar surface area (TPSA) is 40.5 Å². The van der Waals surface area contributed by atoms with E-state index >= 15 is 0 Å². The Hall–Kier alpha value is -1.40. The third kappa shape index (κ3) is 2.96. The number of aromatic carboxylic acids is 1. The summed E-state index contributed by atoms with van der Waals surface area (Å²) in [6.45, 7) is 0.651. The molecule has 0 atom stereocenters. The van der Waals surface area contributed by atoms with E-state index in [1.165, 1.54) is 10.9 Å². The third-order valence-corrected chi connectivity index (χ3v) is 5.13. The van der Waals surface area contributed by atoms with Crippen LogP contribution in [0.1, 0.15) is 28.1 Å². The Balaban J connectivity index is 1.96. The summed E-state index contributed by atoms with van der Waals surface area (Å²) >= 11 is 4.71. The van der Waals surface area contributed by atoms with Gasteiger partial charge in [-0.15, -0.1) is 11.3 Å². The van der Waals surface area contributed by atoms with E-state index in [2.05, 4.69) is 15.9 Å². The number of carboxylic acids is 1. The summed E-state index contributed by atoms with van der Waals surface area (Å²) in [7, 11) is 0. The zero-order chi connectivity index (χ0) is 15.0. The molecule has 6 heteroatoms. The van der Waals surface area contributed by atoms with Crippen LogP contribution in [0.4, 0.5) is 10.1 Å². The lowest BCUT2D eigenvalue weighted by molar-refractivity contribution is 0.0695. The highest BCUT2D eigenvalue weighted by molar-refractivity contribution is 9.10. The molecule has 1 aromatic heterocycles. The Morgan fingerprint density at radius 2 is 2.19 bits per heavy atom. The molecule has 1 aliphatic rings. The van der Waals surface area contributed by atoms with Gasteiger partial charge in [0.2, 0.25) is 0 Å². The number of carbonyl (C=O) groups is 1. The van der Waals surface area contributed by atoms with E-state index in [1.54, 1.807) is 17.4 Å². The maximum absolute atomic E-state index is 14.5. The van der Waals surface area contributed by atoms with Gasteiger partial charge in [0.25, 0.3) is 0 Å². The predicted molar refractivity (Wildman–Crippen MR) is 84.6 cm³/mol. The predicted octanol–water partition coefficient (Wildman–Crippen LogP) is 4.52. The molecule has 0 amide bonds. The molecule has 21 heavy (non-hydrogen) atoms. The zero-order valence-electron chi connectivity index (χ0n) is 11.1. The second-order valence-corrected chi connectivity index (χ2v) is 6.83. The van der Waals surface area contributed by atoms with E-state index < -0.39 is 11.8 Å². The van der Waals surface area contributed by atoms with Crippen LogP contribution in [0, 0.1) is 5.82 Å². The fraction of sp³-hybridized carbons (Fsp3) is 0.267. The number of rotatable bonds is 5. The molecule has 0 unspecified atom stereocenters. The van der Waals surface area contributed by atoms with Crippen molar-refractivity contribution in [1.82, 2.24) is 0 Å². The molecule has 1 fully saturated rings. The van der Waals surface area contributed by atoms with Crippen molar-refractivity contribution < 1.29 is 14.3 Å². The number of hydrogen-bond donors (Lipinski definition) is 1. The van der Waals surface area contributed by atoms with Crippen molar-refractivity contribution in [1.29, 1.82) is 0 Å². The Kier molecular flexibility index (Phi) is 3.99. The molecule has 1 N–H and O–H groups in total. The Morgan fingerprint density at radius 1 is 1.43 bits per heavy atom. The third-order valence-electron chi connectivity index (χ3n) is 3.50. The lowest BCUT2D eigenvalue weighted by Crippen LogP contribution is -2.26. The largest absolute Gasteiger partial charge is 0.478 e. The standard InChI is InChI=1S/C15H13BrFNO2S/c16-13-11(15(19)20)5-6-12(14(13)17)18(9-3-4-9)8-10-2-1-7-21-10/h1-2,5-7,9H,3-4,8H2,(H,19,20). The number of benzene rings is 1. The number of thiophene rings is 1. The molecule has 2 aromatic rings. The van der Waals surface area contributed by atoms with Gasteiger partial charge in [-0.05, 0) is 52.4 Å². The minimum atomic E-state index is -1.14. The van der Waals surface area contributed by atoms with Gasteiger partial charge in [0, 0.05) is 10.9 Å². The fourth-order valence-corrected chi connectivity index (χ4v) is 3.50. The smallest absolute Gasteiger partial charge is 0.336 e.